The summed E-state index contributed by atoms with van der Waals surface area (Å²) in [6.07, 6.45) is 0. The molecular weight excluding hydrogens is 244 g/mol. The normalized spacial score (nSPS) is 12.2. The molecular formula is C18H24N2. The van der Waals surface area contributed by atoms with Gasteiger partial charge in [-0.25, -0.2) is 0 Å². The van der Waals surface area contributed by atoms with Crippen LogP contribution < -0.4 is 10.2 Å². The van der Waals surface area contributed by atoms with Crippen molar-refractivity contribution in [3.05, 3.63) is 65.2 Å². The smallest absolute Gasteiger partial charge is 0.0495 e. The Hall–Kier alpha value is -1.80. The molecule has 2 aromatic rings. The van der Waals surface area contributed by atoms with Gasteiger partial charge in [-0.05, 0) is 38.1 Å². The number of nitrogens with one attached hydrogen (secondary N) is 1. The van der Waals surface area contributed by atoms with E-state index >= 15 is 0 Å². The van der Waals surface area contributed by atoms with Crippen LogP contribution in [0.15, 0.2) is 48.5 Å². The van der Waals surface area contributed by atoms with Crippen LogP contribution in [-0.2, 0) is 0 Å². The first-order valence-corrected chi connectivity index (χ1v) is 7.12. The molecule has 0 saturated carbocycles. The van der Waals surface area contributed by atoms with E-state index in [0.29, 0.717) is 6.04 Å². The Morgan fingerprint density at radius 3 is 2.25 bits per heavy atom. The molecule has 0 radical (unpaired) electrons. The van der Waals surface area contributed by atoms with Gasteiger partial charge in [-0.3, -0.25) is 0 Å². The molecule has 2 aromatic carbocycles. The number of likely N-dealkylation sites (N-methyl/N-ethyl adjacent to an activating group) is 2. The Kier molecular flexibility index (Phi) is 4.80. The Balaban J connectivity index is 2.14. The summed E-state index contributed by atoms with van der Waals surface area (Å²) in [5.41, 5.74) is 5.24. The molecule has 20 heavy (non-hydrogen) atoms. The molecule has 0 heterocycles. The van der Waals surface area contributed by atoms with Gasteiger partial charge in [0, 0.05) is 25.3 Å². The van der Waals surface area contributed by atoms with Crippen molar-refractivity contribution in [2.45, 2.75) is 19.9 Å². The van der Waals surface area contributed by atoms with Gasteiger partial charge in [0.2, 0.25) is 0 Å². The van der Waals surface area contributed by atoms with Crippen LogP contribution in [0.1, 0.15) is 22.7 Å². The van der Waals surface area contributed by atoms with E-state index in [-0.39, 0.29) is 0 Å². The molecule has 0 amide bonds. The number of nitrogens with zero attached hydrogens (tertiary/aromatic N) is 1. The van der Waals surface area contributed by atoms with Gasteiger partial charge in [-0.2, -0.15) is 0 Å². The van der Waals surface area contributed by atoms with E-state index in [1.807, 2.05) is 7.05 Å². The highest BCUT2D eigenvalue weighted by Crippen LogP contribution is 2.21. The van der Waals surface area contributed by atoms with Crippen molar-refractivity contribution in [3.8, 4) is 0 Å². The number of aryl methyl sites for hydroxylation is 2. The van der Waals surface area contributed by atoms with E-state index in [9.17, 15) is 0 Å². The number of rotatable bonds is 5. The monoisotopic (exact) mass is 268 g/mol. The van der Waals surface area contributed by atoms with E-state index in [1.165, 1.54) is 22.4 Å². The van der Waals surface area contributed by atoms with E-state index in [2.05, 4.69) is 79.6 Å². The minimum atomic E-state index is 0.334. The lowest BCUT2D eigenvalue weighted by molar-refractivity contribution is 0.589. The maximum Gasteiger partial charge on any atom is 0.0495 e. The van der Waals surface area contributed by atoms with Crippen molar-refractivity contribution in [3.63, 3.8) is 0 Å². The van der Waals surface area contributed by atoms with Crippen LogP contribution in [0, 0.1) is 13.8 Å². The molecule has 2 rings (SSSR count). The minimum Gasteiger partial charge on any atom is -0.372 e. The Morgan fingerprint density at radius 2 is 1.65 bits per heavy atom. The second-order valence-electron chi connectivity index (χ2n) is 5.42. The first-order valence-electron chi connectivity index (χ1n) is 7.12. The largest absolute Gasteiger partial charge is 0.372 e. The molecule has 0 aromatic heterocycles. The van der Waals surface area contributed by atoms with Crippen LogP contribution in [0.25, 0.3) is 0 Å². The van der Waals surface area contributed by atoms with Gasteiger partial charge in [-0.1, -0.05) is 48.0 Å². The summed E-state index contributed by atoms with van der Waals surface area (Å²) in [5.74, 6) is 0. The van der Waals surface area contributed by atoms with Crippen LogP contribution in [0.4, 0.5) is 5.69 Å². The van der Waals surface area contributed by atoms with Crippen LogP contribution in [0.2, 0.25) is 0 Å². The van der Waals surface area contributed by atoms with Crippen LogP contribution in [0.5, 0.6) is 0 Å². The molecule has 1 N–H and O–H groups in total. The van der Waals surface area contributed by atoms with Gasteiger partial charge in [0.25, 0.3) is 0 Å². The molecule has 1 unspecified atom stereocenters. The zero-order valence-electron chi connectivity index (χ0n) is 12.9. The highest BCUT2D eigenvalue weighted by molar-refractivity contribution is 5.52. The lowest BCUT2D eigenvalue weighted by Crippen LogP contribution is -2.31. The molecule has 2 heteroatoms. The van der Waals surface area contributed by atoms with Crippen LogP contribution in [-0.4, -0.2) is 20.6 Å². The number of hydrogen-bond donors (Lipinski definition) is 1. The number of hydrogen-bond acceptors (Lipinski definition) is 2. The van der Waals surface area contributed by atoms with Crippen molar-refractivity contribution in [1.82, 2.24) is 5.32 Å². The molecule has 2 nitrogen and oxygen atoms in total. The van der Waals surface area contributed by atoms with Crippen molar-refractivity contribution >= 4 is 5.69 Å². The van der Waals surface area contributed by atoms with E-state index < -0.39 is 0 Å². The summed E-state index contributed by atoms with van der Waals surface area (Å²) >= 11 is 0. The zero-order valence-corrected chi connectivity index (χ0v) is 12.9. The summed E-state index contributed by atoms with van der Waals surface area (Å²) in [6.45, 7) is 5.23. The predicted molar refractivity (Wildman–Crippen MR) is 87.4 cm³/mol. The Bertz CT molecular complexity index is 546. The molecule has 0 spiro atoms. The van der Waals surface area contributed by atoms with Crippen LogP contribution >= 0.6 is 0 Å². The van der Waals surface area contributed by atoms with Gasteiger partial charge < -0.3 is 10.2 Å². The SMILES string of the molecule is CNC(CN(C)c1ccccc1C)c1ccc(C)cc1. The van der Waals surface area contributed by atoms with Crippen molar-refractivity contribution in [2.75, 3.05) is 25.5 Å². The average Bonchev–Trinajstić information content (AvgIpc) is 2.46. The molecule has 0 fully saturated rings. The Labute approximate surface area is 122 Å². The summed E-state index contributed by atoms with van der Waals surface area (Å²) in [7, 11) is 4.18. The predicted octanol–water partition coefficient (Wildman–Crippen LogP) is 3.70. The standard InChI is InChI=1S/C18H24N2/c1-14-9-11-16(12-10-14)17(19-3)13-20(4)18-8-6-5-7-15(18)2/h5-12,17,19H,13H2,1-4H3. The maximum atomic E-state index is 3.42. The first-order chi connectivity index (χ1) is 9.61. The average molecular weight is 268 g/mol. The van der Waals surface area contributed by atoms with Gasteiger partial charge in [0.05, 0.1) is 0 Å². The van der Waals surface area contributed by atoms with Gasteiger partial charge >= 0.3 is 0 Å². The third-order valence-corrected chi connectivity index (χ3v) is 3.81. The fourth-order valence-corrected chi connectivity index (χ4v) is 2.53. The first kappa shape index (κ1) is 14.6. The second-order valence-corrected chi connectivity index (χ2v) is 5.42. The summed E-state index contributed by atoms with van der Waals surface area (Å²) in [6, 6.07) is 17.6. The van der Waals surface area contributed by atoms with Gasteiger partial charge in [0.1, 0.15) is 0 Å². The molecule has 0 aliphatic carbocycles. The van der Waals surface area contributed by atoms with Gasteiger partial charge in [-0.15, -0.1) is 0 Å². The third kappa shape index (κ3) is 3.40. The molecule has 0 aliphatic heterocycles. The van der Waals surface area contributed by atoms with E-state index in [0.717, 1.165) is 6.54 Å². The lowest BCUT2D eigenvalue weighted by atomic mass is 10.0. The lowest BCUT2D eigenvalue weighted by Gasteiger charge is -2.27. The molecule has 106 valence electrons. The highest BCUT2D eigenvalue weighted by atomic mass is 15.1. The quantitative estimate of drug-likeness (QED) is 0.889. The summed E-state index contributed by atoms with van der Waals surface area (Å²) < 4.78 is 0. The van der Waals surface area contributed by atoms with Crippen molar-refractivity contribution in [1.29, 1.82) is 0 Å². The van der Waals surface area contributed by atoms with Crippen molar-refractivity contribution < 1.29 is 0 Å². The molecule has 0 aliphatic rings. The highest BCUT2D eigenvalue weighted by Gasteiger charge is 2.13. The number of anilines is 1. The van der Waals surface area contributed by atoms with E-state index in [4.69, 9.17) is 0 Å². The van der Waals surface area contributed by atoms with Crippen LogP contribution in [0.3, 0.4) is 0 Å². The Morgan fingerprint density at radius 1 is 1.00 bits per heavy atom. The molecule has 0 bridgehead atoms. The maximum absolute atomic E-state index is 3.42. The fraction of sp³-hybridized carbons (Fsp3) is 0.333. The zero-order chi connectivity index (χ0) is 14.5. The summed E-state index contributed by atoms with van der Waals surface area (Å²) in [4.78, 5) is 2.32. The van der Waals surface area contributed by atoms with Crippen molar-refractivity contribution in [2.24, 2.45) is 0 Å². The van der Waals surface area contributed by atoms with E-state index in [1.54, 1.807) is 0 Å². The fourth-order valence-electron chi connectivity index (χ4n) is 2.53. The van der Waals surface area contributed by atoms with Gasteiger partial charge in [0.15, 0.2) is 0 Å². The minimum absolute atomic E-state index is 0.334. The topological polar surface area (TPSA) is 15.3 Å². The number of para-hydroxylation sites is 1. The molecule has 0 saturated heterocycles. The second kappa shape index (κ2) is 6.58. The molecule has 1 atom stereocenters. The summed E-state index contributed by atoms with van der Waals surface area (Å²) in [5, 5.41) is 3.42. The third-order valence-electron chi connectivity index (χ3n) is 3.81. The number of benzene rings is 2.